The molecule has 0 aliphatic heterocycles. The van der Waals surface area contributed by atoms with Crippen molar-refractivity contribution in [2.75, 3.05) is 13.7 Å². The van der Waals surface area contributed by atoms with E-state index in [4.69, 9.17) is 21.7 Å². The van der Waals surface area contributed by atoms with Crippen LogP contribution in [0.2, 0.25) is 0 Å². The summed E-state index contributed by atoms with van der Waals surface area (Å²) in [7, 11) is 1.51. The van der Waals surface area contributed by atoms with Gasteiger partial charge < -0.3 is 9.47 Å². The van der Waals surface area contributed by atoms with E-state index >= 15 is 0 Å². The van der Waals surface area contributed by atoms with E-state index in [9.17, 15) is 9.59 Å². The number of aromatic amines is 1. The minimum atomic E-state index is -0.491. The summed E-state index contributed by atoms with van der Waals surface area (Å²) in [6, 6.07) is 12.6. The van der Waals surface area contributed by atoms with E-state index in [1.165, 1.54) is 7.11 Å². The Morgan fingerprint density at radius 1 is 1.15 bits per heavy atom. The van der Waals surface area contributed by atoms with Crippen molar-refractivity contribution in [1.82, 2.24) is 25.6 Å². The van der Waals surface area contributed by atoms with Crippen LogP contribution in [0.15, 0.2) is 42.5 Å². The zero-order chi connectivity index (χ0) is 24.7. The molecule has 0 aliphatic rings. The van der Waals surface area contributed by atoms with Gasteiger partial charge in [-0.1, -0.05) is 37.6 Å². The maximum Gasteiger partial charge on any atom is 0.269 e. The summed E-state index contributed by atoms with van der Waals surface area (Å²) in [5.41, 5.74) is 7.03. The molecule has 0 aliphatic carbocycles. The largest absolute Gasteiger partial charge is 0.493 e. The van der Waals surface area contributed by atoms with Gasteiger partial charge in [0.15, 0.2) is 22.1 Å². The second-order valence-corrected chi connectivity index (χ2v) is 8.59. The lowest BCUT2D eigenvalue weighted by atomic mass is 10.1. The van der Waals surface area contributed by atoms with Crippen molar-refractivity contribution in [3.63, 3.8) is 0 Å². The molecule has 2 amide bonds. The number of aryl methyl sites for hydroxylation is 1. The van der Waals surface area contributed by atoms with Crippen LogP contribution in [-0.2, 0) is 11.3 Å². The highest BCUT2D eigenvalue weighted by atomic mass is 32.1. The predicted octanol–water partition coefficient (Wildman–Crippen LogP) is 3.81. The highest BCUT2D eigenvalue weighted by Gasteiger charge is 2.15. The number of carbonyl (C=O) groups is 2. The zero-order valence-corrected chi connectivity index (χ0v) is 20.5. The lowest BCUT2D eigenvalue weighted by Gasteiger charge is -2.13. The molecular weight excluding hydrogens is 454 g/mol. The standard InChI is InChI=1S/C24H29N5O4S/c1-15(2)10-11-33-19-9-8-18(13-20(19)32-4)23(31)27-25-21(30)14-29-22(26-28-24(29)34)17-7-5-6-16(3)12-17/h5-9,12-13,15H,10-11,14H2,1-4H3,(H,25,30)(H,27,31)(H,28,34). The number of hydrazine groups is 1. The molecule has 3 rings (SSSR count). The fourth-order valence-electron chi connectivity index (χ4n) is 3.18. The van der Waals surface area contributed by atoms with E-state index in [2.05, 4.69) is 34.9 Å². The molecule has 3 aromatic rings. The molecule has 9 nitrogen and oxygen atoms in total. The van der Waals surface area contributed by atoms with Gasteiger partial charge in [0.25, 0.3) is 11.8 Å². The summed E-state index contributed by atoms with van der Waals surface area (Å²) < 4.78 is 13.0. The lowest BCUT2D eigenvalue weighted by molar-refractivity contribution is -0.122. The molecule has 180 valence electrons. The number of aromatic nitrogens is 3. The molecule has 0 radical (unpaired) electrons. The number of methoxy groups -OCH3 is 1. The summed E-state index contributed by atoms with van der Waals surface area (Å²) in [5, 5.41) is 6.95. The second kappa shape index (κ2) is 11.5. The molecule has 0 saturated carbocycles. The quantitative estimate of drug-likeness (QED) is 0.315. The van der Waals surface area contributed by atoms with Crippen LogP contribution in [0.5, 0.6) is 11.5 Å². The first-order valence-corrected chi connectivity index (χ1v) is 11.3. The first-order chi connectivity index (χ1) is 16.3. The van der Waals surface area contributed by atoms with E-state index in [0.717, 1.165) is 17.5 Å². The Kier molecular flexibility index (Phi) is 8.42. The Balaban J connectivity index is 1.62. The molecule has 0 bridgehead atoms. The number of rotatable bonds is 9. The second-order valence-electron chi connectivity index (χ2n) is 8.21. The van der Waals surface area contributed by atoms with Crippen molar-refractivity contribution >= 4 is 24.0 Å². The van der Waals surface area contributed by atoms with Gasteiger partial charge in [0, 0.05) is 11.1 Å². The van der Waals surface area contributed by atoms with Crippen LogP contribution in [-0.4, -0.2) is 40.3 Å². The van der Waals surface area contributed by atoms with E-state index in [1.54, 1.807) is 22.8 Å². The number of nitrogens with one attached hydrogen (secondary N) is 3. The maximum atomic E-state index is 12.6. The average molecular weight is 484 g/mol. The maximum absolute atomic E-state index is 12.6. The van der Waals surface area contributed by atoms with Crippen LogP contribution in [0, 0.1) is 17.6 Å². The number of ether oxygens (including phenoxy) is 2. The number of H-pyrrole nitrogens is 1. The Labute approximate surface area is 203 Å². The normalized spacial score (nSPS) is 10.7. The molecule has 2 aromatic carbocycles. The summed E-state index contributed by atoms with van der Waals surface area (Å²) in [6.07, 6.45) is 0.906. The molecule has 0 fully saturated rings. The first-order valence-electron chi connectivity index (χ1n) is 10.9. The predicted molar refractivity (Wildman–Crippen MR) is 131 cm³/mol. The smallest absolute Gasteiger partial charge is 0.269 e. The van der Waals surface area contributed by atoms with Crippen molar-refractivity contribution in [3.05, 3.63) is 58.4 Å². The number of benzene rings is 2. The van der Waals surface area contributed by atoms with Crippen LogP contribution < -0.4 is 20.3 Å². The molecular formula is C24H29N5O4S. The third-order valence-corrected chi connectivity index (χ3v) is 5.34. The Morgan fingerprint density at radius 2 is 1.94 bits per heavy atom. The summed E-state index contributed by atoms with van der Waals surface area (Å²) >= 11 is 5.27. The van der Waals surface area contributed by atoms with E-state index < -0.39 is 11.8 Å². The number of amides is 2. The monoisotopic (exact) mass is 483 g/mol. The summed E-state index contributed by atoms with van der Waals surface area (Å²) in [6.45, 7) is 6.64. The van der Waals surface area contributed by atoms with Crippen LogP contribution in [0.3, 0.4) is 0 Å². The number of hydrogen-bond acceptors (Lipinski definition) is 6. The lowest BCUT2D eigenvalue weighted by Crippen LogP contribution is -2.43. The third kappa shape index (κ3) is 6.44. The van der Waals surface area contributed by atoms with Crippen molar-refractivity contribution in [2.24, 2.45) is 5.92 Å². The van der Waals surface area contributed by atoms with Crippen LogP contribution >= 0.6 is 12.2 Å². The van der Waals surface area contributed by atoms with E-state index in [1.807, 2.05) is 31.2 Å². The van der Waals surface area contributed by atoms with Crippen molar-refractivity contribution in [2.45, 2.75) is 33.7 Å². The van der Waals surface area contributed by atoms with Gasteiger partial charge >= 0.3 is 0 Å². The zero-order valence-electron chi connectivity index (χ0n) is 19.7. The third-order valence-electron chi connectivity index (χ3n) is 5.03. The molecule has 0 spiro atoms. The van der Waals surface area contributed by atoms with Gasteiger partial charge in [0.2, 0.25) is 0 Å². The van der Waals surface area contributed by atoms with Gasteiger partial charge in [-0.3, -0.25) is 30.1 Å². The van der Waals surface area contributed by atoms with Gasteiger partial charge in [-0.2, -0.15) is 5.10 Å². The van der Waals surface area contributed by atoms with Gasteiger partial charge in [-0.05, 0) is 55.7 Å². The first kappa shape index (κ1) is 25.0. The average Bonchev–Trinajstić information content (AvgIpc) is 3.17. The Bertz CT molecular complexity index is 1220. The number of nitrogens with zero attached hydrogens (tertiary/aromatic N) is 2. The van der Waals surface area contributed by atoms with Gasteiger partial charge in [-0.15, -0.1) is 0 Å². The minimum Gasteiger partial charge on any atom is -0.493 e. The van der Waals surface area contributed by atoms with Crippen LogP contribution in [0.25, 0.3) is 11.4 Å². The van der Waals surface area contributed by atoms with Gasteiger partial charge in [-0.25, -0.2) is 0 Å². The molecule has 1 heterocycles. The fourth-order valence-corrected chi connectivity index (χ4v) is 3.38. The number of hydrogen-bond donors (Lipinski definition) is 3. The molecule has 0 saturated heterocycles. The topological polar surface area (TPSA) is 110 Å². The Morgan fingerprint density at radius 3 is 2.65 bits per heavy atom. The fraction of sp³-hybridized carbons (Fsp3) is 0.333. The van der Waals surface area contributed by atoms with Crippen LogP contribution in [0.4, 0.5) is 0 Å². The van der Waals surface area contributed by atoms with E-state index in [0.29, 0.717) is 40.2 Å². The van der Waals surface area contributed by atoms with Crippen molar-refractivity contribution in [3.8, 4) is 22.9 Å². The molecule has 1 aromatic heterocycles. The SMILES string of the molecule is COc1cc(C(=O)NNC(=O)Cn2c(-c3cccc(C)c3)n[nH]c2=S)ccc1OCCC(C)C. The highest BCUT2D eigenvalue weighted by Crippen LogP contribution is 2.28. The van der Waals surface area contributed by atoms with Crippen LogP contribution in [0.1, 0.15) is 36.2 Å². The van der Waals surface area contributed by atoms with Crippen molar-refractivity contribution < 1.29 is 19.1 Å². The summed E-state index contributed by atoms with van der Waals surface area (Å²) in [5.74, 6) is 1.10. The number of carbonyl (C=O) groups excluding carboxylic acids is 2. The summed E-state index contributed by atoms with van der Waals surface area (Å²) in [4.78, 5) is 25.1. The van der Waals surface area contributed by atoms with Gasteiger partial charge in [0.05, 0.1) is 13.7 Å². The van der Waals surface area contributed by atoms with Gasteiger partial charge in [0.1, 0.15) is 6.54 Å². The molecule has 0 atom stereocenters. The van der Waals surface area contributed by atoms with E-state index in [-0.39, 0.29) is 6.54 Å². The molecule has 3 N–H and O–H groups in total. The Hall–Kier alpha value is -3.66. The molecule has 0 unspecified atom stereocenters. The molecule has 34 heavy (non-hydrogen) atoms. The molecule has 10 heteroatoms. The highest BCUT2D eigenvalue weighted by molar-refractivity contribution is 7.71. The minimum absolute atomic E-state index is 0.120. The van der Waals surface area contributed by atoms with Crippen molar-refractivity contribution in [1.29, 1.82) is 0 Å².